The van der Waals surface area contributed by atoms with Gasteiger partial charge in [-0.3, -0.25) is 0 Å². The summed E-state index contributed by atoms with van der Waals surface area (Å²) in [7, 11) is 3.39. The molecule has 0 aliphatic carbocycles. The fourth-order valence-corrected chi connectivity index (χ4v) is 5.39. The van der Waals surface area contributed by atoms with Crippen LogP contribution in [0.25, 0.3) is 4.85 Å². The van der Waals surface area contributed by atoms with Gasteiger partial charge in [0.1, 0.15) is 11.5 Å². The highest BCUT2D eigenvalue weighted by Crippen LogP contribution is 2.54. The first-order chi connectivity index (χ1) is 14.7. The number of benzene rings is 3. The van der Waals surface area contributed by atoms with E-state index in [4.69, 9.17) is 16.0 Å². The molecule has 3 aromatic rings. The number of hydrogen-bond acceptors (Lipinski definition) is 4. The predicted octanol–water partition coefficient (Wildman–Crippen LogP) is 6.49. The maximum absolute atomic E-state index is 7.47. The molecule has 0 radical (unpaired) electrons. The average molecular weight is 417 g/mol. The lowest BCUT2D eigenvalue weighted by Crippen LogP contribution is -2.21. The lowest BCUT2D eigenvalue weighted by Gasteiger charge is -2.35. The summed E-state index contributed by atoms with van der Waals surface area (Å²) in [5.74, 6) is 1.67. The van der Waals surface area contributed by atoms with Crippen LogP contribution in [0, 0.1) is 6.57 Å². The second-order valence-electron chi connectivity index (χ2n) is 7.03. The average Bonchev–Trinajstić information content (AvgIpc) is 2.79. The summed E-state index contributed by atoms with van der Waals surface area (Å²) in [6.45, 7) is 10.7. The summed E-state index contributed by atoms with van der Waals surface area (Å²) in [6.07, 6.45) is 0.871. The Labute approximate surface area is 182 Å². The number of nitrogens with zero attached hydrogens (tertiary/aromatic N) is 2. The molecule has 3 aromatic carbocycles. The van der Waals surface area contributed by atoms with E-state index in [1.54, 1.807) is 26.0 Å². The van der Waals surface area contributed by atoms with E-state index in [9.17, 15) is 0 Å². The molecule has 1 aliphatic heterocycles. The summed E-state index contributed by atoms with van der Waals surface area (Å²) in [5.41, 5.74) is 5.66. The molecule has 4 rings (SSSR count). The molecule has 0 fully saturated rings. The maximum Gasteiger partial charge on any atom is 0.244 e. The number of rotatable bonds is 6. The summed E-state index contributed by atoms with van der Waals surface area (Å²) >= 11 is 1.73. The van der Waals surface area contributed by atoms with E-state index in [1.165, 1.54) is 21.7 Å². The highest BCUT2D eigenvalue weighted by atomic mass is 32.2. The van der Waals surface area contributed by atoms with Crippen LogP contribution in [0.3, 0.4) is 0 Å². The molecule has 5 heteroatoms. The van der Waals surface area contributed by atoms with Gasteiger partial charge in [-0.25, -0.2) is 6.57 Å². The molecule has 30 heavy (non-hydrogen) atoms. The lowest BCUT2D eigenvalue weighted by atomic mass is 10.1. The van der Waals surface area contributed by atoms with Crippen molar-refractivity contribution >= 4 is 23.1 Å². The normalized spacial score (nSPS) is 12.0. The van der Waals surface area contributed by atoms with Crippen molar-refractivity contribution in [2.45, 2.75) is 36.2 Å². The Morgan fingerprint density at radius 1 is 0.867 bits per heavy atom. The van der Waals surface area contributed by atoms with E-state index in [2.05, 4.69) is 59.1 Å². The molecule has 1 aliphatic rings. The molecule has 0 N–H and O–H groups in total. The third-order valence-electron chi connectivity index (χ3n) is 5.39. The van der Waals surface area contributed by atoms with E-state index < -0.39 is 0 Å². The largest absolute Gasteiger partial charge is 0.496 e. The third-order valence-corrected chi connectivity index (χ3v) is 6.71. The Morgan fingerprint density at radius 2 is 1.47 bits per heavy atom. The van der Waals surface area contributed by atoms with Crippen LogP contribution in [0.1, 0.15) is 23.6 Å². The summed E-state index contributed by atoms with van der Waals surface area (Å²) in [5, 5.41) is 0. The summed E-state index contributed by atoms with van der Waals surface area (Å²) < 4.78 is 11.3. The van der Waals surface area contributed by atoms with Crippen molar-refractivity contribution in [3.8, 4) is 11.5 Å². The molecule has 0 amide bonds. The molecule has 4 nitrogen and oxygen atoms in total. The van der Waals surface area contributed by atoms with Crippen LogP contribution in [0.2, 0.25) is 0 Å². The van der Waals surface area contributed by atoms with Crippen molar-refractivity contribution < 1.29 is 9.47 Å². The zero-order chi connectivity index (χ0) is 21.1. The fraction of sp³-hybridized carbons (Fsp3) is 0.240. The van der Waals surface area contributed by atoms with Crippen molar-refractivity contribution in [1.82, 2.24) is 0 Å². The Balaban J connectivity index is 1.95. The van der Waals surface area contributed by atoms with Crippen LogP contribution in [0.4, 0.5) is 11.4 Å². The Bertz CT molecular complexity index is 1110. The number of methoxy groups -OCH3 is 2. The lowest BCUT2D eigenvalue weighted by molar-refractivity contribution is 0.408. The maximum atomic E-state index is 7.47. The highest BCUT2D eigenvalue weighted by molar-refractivity contribution is 7.99. The van der Waals surface area contributed by atoms with Gasteiger partial charge in [-0.15, -0.1) is 0 Å². The number of fused-ring (bicyclic) bond motifs is 2. The summed E-state index contributed by atoms with van der Waals surface area (Å²) in [6, 6.07) is 18.8. The predicted molar refractivity (Wildman–Crippen MR) is 122 cm³/mol. The van der Waals surface area contributed by atoms with Gasteiger partial charge < -0.3 is 19.2 Å². The topological polar surface area (TPSA) is 26.1 Å². The molecule has 0 spiro atoms. The van der Waals surface area contributed by atoms with Gasteiger partial charge in [0.25, 0.3) is 0 Å². The van der Waals surface area contributed by atoms with Gasteiger partial charge >= 0.3 is 0 Å². The van der Waals surface area contributed by atoms with Gasteiger partial charge in [-0.2, -0.15) is 0 Å². The third kappa shape index (κ3) is 3.48. The fourth-order valence-electron chi connectivity index (χ4n) is 3.96. The smallest absolute Gasteiger partial charge is 0.244 e. The molecular formula is C25H24N2O2S. The minimum absolute atomic E-state index is 0.291. The Morgan fingerprint density at radius 3 is 2.03 bits per heavy atom. The molecule has 0 atom stereocenters. The first kappa shape index (κ1) is 20.2. The first-order valence-corrected chi connectivity index (χ1v) is 10.8. The van der Waals surface area contributed by atoms with Crippen LogP contribution in [0.5, 0.6) is 11.5 Å². The van der Waals surface area contributed by atoms with Gasteiger partial charge in [0.2, 0.25) is 6.54 Å². The van der Waals surface area contributed by atoms with Crippen LogP contribution < -0.4 is 14.4 Å². The minimum Gasteiger partial charge on any atom is -0.496 e. The van der Waals surface area contributed by atoms with Crippen molar-refractivity contribution in [2.24, 2.45) is 0 Å². The molecular weight excluding hydrogens is 392 g/mol. The minimum atomic E-state index is 0.291. The quantitative estimate of drug-likeness (QED) is 0.429. The molecule has 0 saturated carbocycles. The van der Waals surface area contributed by atoms with Crippen molar-refractivity contribution in [2.75, 3.05) is 19.1 Å². The molecule has 0 unspecified atom stereocenters. The van der Waals surface area contributed by atoms with Crippen molar-refractivity contribution in [3.63, 3.8) is 0 Å². The molecule has 152 valence electrons. The standard InChI is InChI=1S/C25H24N2O2S/c1-5-18-22(28-3)13-11-20-24(18)30-25-19(15-26-2)23(29-4)14-12-21(25)27(20)16-17-9-7-6-8-10-17/h6-14H,5,15-16H2,1,3-4H3. The number of ether oxygens (including phenoxy) is 2. The van der Waals surface area contributed by atoms with Crippen LogP contribution in [0.15, 0.2) is 64.4 Å². The van der Waals surface area contributed by atoms with Gasteiger partial charge in [0.05, 0.1) is 36.1 Å². The van der Waals surface area contributed by atoms with Crippen LogP contribution in [-0.2, 0) is 19.5 Å². The van der Waals surface area contributed by atoms with Gasteiger partial charge in [0, 0.05) is 17.0 Å². The van der Waals surface area contributed by atoms with E-state index in [0.717, 1.165) is 40.6 Å². The van der Waals surface area contributed by atoms with E-state index >= 15 is 0 Å². The second-order valence-corrected chi connectivity index (χ2v) is 8.05. The Hall–Kier alpha value is -3.10. The SMILES string of the molecule is [C-]#[N+]Cc1c(OC)ccc2c1Sc1c(ccc(OC)c1CC)N2Cc1ccccc1. The Kier molecular flexibility index (Phi) is 5.87. The number of anilines is 2. The molecule has 0 saturated heterocycles. The van der Waals surface area contributed by atoms with Gasteiger partial charge in [-0.05, 0) is 36.2 Å². The van der Waals surface area contributed by atoms with Gasteiger partial charge in [-0.1, -0.05) is 49.0 Å². The molecule has 1 heterocycles. The van der Waals surface area contributed by atoms with E-state index in [-0.39, 0.29) is 0 Å². The van der Waals surface area contributed by atoms with E-state index in [1.807, 2.05) is 12.1 Å². The van der Waals surface area contributed by atoms with Crippen LogP contribution in [-0.4, -0.2) is 14.2 Å². The molecule has 0 bridgehead atoms. The van der Waals surface area contributed by atoms with Gasteiger partial charge in [0.15, 0.2) is 0 Å². The summed E-state index contributed by atoms with van der Waals surface area (Å²) in [4.78, 5) is 8.32. The van der Waals surface area contributed by atoms with Crippen molar-refractivity contribution in [1.29, 1.82) is 0 Å². The van der Waals surface area contributed by atoms with Crippen molar-refractivity contribution in [3.05, 3.63) is 82.7 Å². The first-order valence-electron chi connectivity index (χ1n) is 9.94. The van der Waals surface area contributed by atoms with Crippen LogP contribution >= 0.6 is 11.8 Å². The monoisotopic (exact) mass is 416 g/mol. The zero-order valence-electron chi connectivity index (χ0n) is 17.4. The highest BCUT2D eigenvalue weighted by Gasteiger charge is 2.30. The number of hydrogen-bond donors (Lipinski definition) is 0. The zero-order valence-corrected chi connectivity index (χ0v) is 18.3. The second kappa shape index (κ2) is 8.73. The van der Waals surface area contributed by atoms with E-state index in [0.29, 0.717) is 6.54 Å². The molecule has 0 aromatic heterocycles.